The third-order valence-electron chi connectivity index (χ3n) is 4.25. The van der Waals surface area contributed by atoms with E-state index in [1.165, 1.54) is 44.4 Å². The highest BCUT2D eigenvalue weighted by Gasteiger charge is 2.26. The molecule has 0 aliphatic rings. The van der Waals surface area contributed by atoms with Gasteiger partial charge < -0.3 is 14.5 Å². The number of carbonyl (C=O) groups excluding carboxylic acids is 3. The lowest BCUT2D eigenvalue weighted by Crippen LogP contribution is -2.24. The van der Waals surface area contributed by atoms with Crippen LogP contribution < -0.4 is 0 Å². The largest absolute Gasteiger partial charge is 0.465 e. The van der Waals surface area contributed by atoms with Crippen LogP contribution in [0.25, 0.3) is 6.08 Å². The second kappa shape index (κ2) is 8.96. The van der Waals surface area contributed by atoms with Crippen molar-refractivity contribution in [1.82, 2.24) is 4.98 Å². The molecule has 0 spiro atoms. The first-order valence-corrected chi connectivity index (χ1v) is 8.60. The van der Waals surface area contributed by atoms with Crippen LogP contribution >= 0.6 is 0 Å². The van der Waals surface area contributed by atoms with E-state index in [1.807, 2.05) is 0 Å². The number of esters is 2. The zero-order chi connectivity index (χ0) is 21.7. The molecule has 0 aliphatic heterocycles. The number of Topliss-reactive ketones (excluding diaryl/α,β-unsaturated/α-hetero) is 1. The second-order valence-corrected chi connectivity index (χ2v) is 6.24. The molecule has 29 heavy (non-hydrogen) atoms. The monoisotopic (exact) mass is 400 g/mol. The van der Waals surface area contributed by atoms with Gasteiger partial charge in [0.05, 0.1) is 23.3 Å². The second-order valence-electron chi connectivity index (χ2n) is 6.24. The number of ether oxygens (including phenoxy) is 2. The number of benzene rings is 1. The van der Waals surface area contributed by atoms with E-state index < -0.39 is 28.7 Å². The third kappa shape index (κ3) is 4.95. The van der Waals surface area contributed by atoms with Gasteiger partial charge in [-0.1, -0.05) is 0 Å². The first-order chi connectivity index (χ1) is 13.6. The number of non-ortho nitro benzene ring substituents is 1. The number of rotatable bonds is 7. The quantitative estimate of drug-likeness (QED) is 0.248. The predicted molar refractivity (Wildman–Crippen MR) is 104 cm³/mol. The molecular weight excluding hydrogens is 380 g/mol. The zero-order valence-electron chi connectivity index (χ0n) is 16.3. The minimum Gasteiger partial charge on any atom is -0.465 e. The highest BCUT2D eigenvalue weighted by molar-refractivity contribution is 6.04. The number of nitro benzene ring substituents is 1. The number of hydrogen-bond donors (Lipinski definition) is 1. The molecule has 1 N–H and O–H groups in total. The van der Waals surface area contributed by atoms with E-state index in [2.05, 4.69) is 4.98 Å². The highest BCUT2D eigenvalue weighted by Crippen LogP contribution is 2.21. The van der Waals surface area contributed by atoms with Crippen molar-refractivity contribution in [2.24, 2.45) is 0 Å². The van der Waals surface area contributed by atoms with Gasteiger partial charge in [-0.3, -0.25) is 14.9 Å². The van der Waals surface area contributed by atoms with Crippen molar-refractivity contribution >= 4 is 29.5 Å². The van der Waals surface area contributed by atoms with Crippen molar-refractivity contribution in [3.63, 3.8) is 0 Å². The normalized spacial score (nSPS) is 11.9. The summed E-state index contributed by atoms with van der Waals surface area (Å²) in [5.41, 5.74) is 1.84. The van der Waals surface area contributed by atoms with Gasteiger partial charge >= 0.3 is 11.9 Å². The average Bonchev–Trinajstić information content (AvgIpc) is 2.99. The first-order valence-electron chi connectivity index (χ1n) is 8.60. The Morgan fingerprint density at radius 3 is 2.34 bits per heavy atom. The molecule has 2 rings (SSSR count). The Balaban J connectivity index is 2.06. The molecule has 1 heterocycles. The summed E-state index contributed by atoms with van der Waals surface area (Å²) in [6.07, 6.45) is 1.45. The van der Waals surface area contributed by atoms with Crippen molar-refractivity contribution in [3.8, 4) is 0 Å². The number of H-pyrrole nitrogens is 1. The predicted octanol–water partition coefficient (Wildman–Crippen LogP) is 3.15. The topological polar surface area (TPSA) is 129 Å². The van der Waals surface area contributed by atoms with Crippen molar-refractivity contribution in [2.45, 2.75) is 26.9 Å². The maximum atomic E-state index is 12.6. The van der Waals surface area contributed by atoms with E-state index in [9.17, 15) is 24.5 Å². The minimum absolute atomic E-state index is 0.0631. The fraction of sp³-hybridized carbons (Fsp3) is 0.250. The fourth-order valence-corrected chi connectivity index (χ4v) is 2.75. The molecule has 0 radical (unpaired) electrons. The number of carbonyl (C=O) groups is 3. The van der Waals surface area contributed by atoms with Gasteiger partial charge in [0.15, 0.2) is 6.10 Å². The van der Waals surface area contributed by atoms with Gasteiger partial charge in [0.1, 0.15) is 0 Å². The molecule has 0 bridgehead atoms. The molecule has 0 amide bonds. The molecule has 1 atom stereocenters. The lowest BCUT2D eigenvalue weighted by Gasteiger charge is -2.10. The number of aromatic amines is 1. The molecule has 2 aromatic rings. The number of ketones is 1. The van der Waals surface area contributed by atoms with Gasteiger partial charge in [-0.25, -0.2) is 9.59 Å². The molecule has 1 aromatic heterocycles. The summed E-state index contributed by atoms with van der Waals surface area (Å²) in [7, 11) is 1.25. The van der Waals surface area contributed by atoms with Gasteiger partial charge in [-0.05, 0) is 50.1 Å². The highest BCUT2D eigenvalue weighted by atomic mass is 16.6. The maximum Gasteiger partial charge on any atom is 0.339 e. The Hall–Kier alpha value is -3.75. The summed E-state index contributed by atoms with van der Waals surface area (Å²) >= 11 is 0. The van der Waals surface area contributed by atoms with Gasteiger partial charge in [0.2, 0.25) is 5.78 Å². The van der Waals surface area contributed by atoms with Crippen LogP contribution in [0.3, 0.4) is 0 Å². The number of aromatic nitrogens is 1. The Labute approximate surface area is 166 Å². The number of nitro groups is 1. The smallest absolute Gasteiger partial charge is 0.339 e. The van der Waals surface area contributed by atoms with Gasteiger partial charge in [0, 0.05) is 23.9 Å². The van der Waals surface area contributed by atoms with E-state index in [4.69, 9.17) is 9.47 Å². The summed E-state index contributed by atoms with van der Waals surface area (Å²) in [4.78, 5) is 49.4. The lowest BCUT2D eigenvalue weighted by atomic mass is 10.1. The number of nitrogens with one attached hydrogen (secondary N) is 1. The SMILES string of the molecule is COC(=O)c1c(C)[nH]c(C(=O)[C@H](C)OC(=O)/C=C/c2ccc([N+](=O)[O-])cc2)c1C. The summed E-state index contributed by atoms with van der Waals surface area (Å²) in [5.74, 6) is -1.80. The molecule has 9 heteroatoms. The van der Waals surface area contributed by atoms with E-state index in [-0.39, 0.29) is 16.9 Å². The Kier molecular flexibility index (Phi) is 6.66. The van der Waals surface area contributed by atoms with Crippen LogP contribution in [0.5, 0.6) is 0 Å². The van der Waals surface area contributed by atoms with Crippen molar-refractivity contribution < 1.29 is 28.8 Å². The minimum atomic E-state index is -1.09. The van der Waals surface area contributed by atoms with Crippen LogP contribution in [0, 0.1) is 24.0 Å². The Bertz CT molecular complexity index is 987. The molecule has 9 nitrogen and oxygen atoms in total. The standard InChI is InChI=1S/C20H20N2O7/c1-11-17(20(25)28-4)12(2)21-18(11)19(24)13(3)29-16(23)10-7-14-5-8-15(9-6-14)22(26)27/h5-10,13,21H,1-4H3/b10-7+/t13-/m0/s1. The van der Waals surface area contributed by atoms with E-state index >= 15 is 0 Å². The maximum absolute atomic E-state index is 12.6. The van der Waals surface area contributed by atoms with Crippen LogP contribution in [0.1, 0.15) is 44.6 Å². The van der Waals surface area contributed by atoms with Crippen molar-refractivity contribution in [3.05, 3.63) is 68.5 Å². The van der Waals surface area contributed by atoms with E-state index in [0.29, 0.717) is 16.8 Å². The van der Waals surface area contributed by atoms with E-state index in [1.54, 1.807) is 13.8 Å². The van der Waals surface area contributed by atoms with Crippen molar-refractivity contribution in [2.75, 3.05) is 7.11 Å². The molecule has 0 saturated carbocycles. The average molecular weight is 400 g/mol. The fourth-order valence-electron chi connectivity index (χ4n) is 2.75. The Morgan fingerprint density at radius 2 is 1.79 bits per heavy atom. The number of methoxy groups -OCH3 is 1. The van der Waals surface area contributed by atoms with Gasteiger partial charge in [-0.15, -0.1) is 0 Å². The van der Waals surface area contributed by atoms with Crippen LogP contribution in [-0.2, 0) is 14.3 Å². The van der Waals surface area contributed by atoms with E-state index in [0.717, 1.165) is 6.08 Å². The molecule has 0 fully saturated rings. The summed E-state index contributed by atoms with van der Waals surface area (Å²) < 4.78 is 9.83. The van der Waals surface area contributed by atoms with Gasteiger partial charge in [-0.2, -0.15) is 0 Å². The summed E-state index contributed by atoms with van der Waals surface area (Å²) in [5, 5.41) is 10.6. The first kappa shape index (κ1) is 21.5. The number of aryl methyl sites for hydroxylation is 1. The van der Waals surface area contributed by atoms with Crippen LogP contribution in [0.2, 0.25) is 0 Å². The molecular formula is C20H20N2O7. The van der Waals surface area contributed by atoms with Gasteiger partial charge in [0.25, 0.3) is 5.69 Å². The Morgan fingerprint density at radius 1 is 1.17 bits per heavy atom. The zero-order valence-corrected chi connectivity index (χ0v) is 16.3. The van der Waals surface area contributed by atoms with Crippen molar-refractivity contribution in [1.29, 1.82) is 0 Å². The molecule has 1 aromatic carbocycles. The molecule has 0 unspecified atom stereocenters. The number of nitrogens with zero attached hydrogens (tertiary/aromatic N) is 1. The molecule has 0 aliphatic carbocycles. The van der Waals surface area contributed by atoms with Crippen LogP contribution in [0.15, 0.2) is 30.3 Å². The lowest BCUT2D eigenvalue weighted by molar-refractivity contribution is -0.384. The van der Waals surface area contributed by atoms with Crippen LogP contribution in [0.4, 0.5) is 5.69 Å². The molecule has 0 saturated heterocycles. The number of hydrogen-bond acceptors (Lipinski definition) is 7. The molecule has 152 valence electrons. The van der Waals surface area contributed by atoms with Crippen LogP contribution in [-0.4, -0.2) is 40.8 Å². The summed E-state index contributed by atoms with van der Waals surface area (Å²) in [6, 6.07) is 5.59. The summed E-state index contributed by atoms with van der Waals surface area (Å²) in [6.45, 7) is 4.67. The third-order valence-corrected chi connectivity index (χ3v) is 4.25.